The third-order valence-corrected chi connectivity index (χ3v) is 1.50. The summed E-state index contributed by atoms with van der Waals surface area (Å²) in [6.07, 6.45) is 0. The Bertz CT molecular complexity index is 194. The van der Waals surface area contributed by atoms with Gasteiger partial charge in [0, 0.05) is 6.54 Å². The molecule has 0 saturated carbocycles. The average Bonchev–Trinajstić information content (AvgIpc) is 2.09. The summed E-state index contributed by atoms with van der Waals surface area (Å²) in [7, 11) is 1.67. The molecule has 0 aromatic heterocycles. The molecule has 0 amide bonds. The van der Waals surface area contributed by atoms with E-state index in [4.69, 9.17) is 4.84 Å². The van der Waals surface area contributed by atoms with Crippen LogP contribution in [0.5, 0.6) is 0 Å². The van der Waals surface area contributed by atoms with Gasteiger partial charge in [0.1, 0.15) is 0 Å². The maximum Gasteiger partial charge on any atom is 0.0639 e. The van der Waals surface area contributed by atoms with Crippen LogP contribution in [0.15, 0.2) is 24.3 Å². The molecule has 0 unspecified atom stereocenters. The van der Waals surface area contributed by atoms with Crippen molar-refractivity contribution in [1.82, 2.24) is 0 Å². The molecule has 0 atom stereocenters. The van der Waals surface area contributed by atoms with E-state index >= 15 is 0 Å². The predicted octanol–water partition coefficient (Wildman–Crippen LogP) is 1.87. The van der Waals surface area contributed by atoms with Crippen LogP contribution in [0.25, 0.3) is 0 Å². The van der Waals surface area contributed by atoms with Gasteiger partial charge < -0.3 is 0 Å². The van der Waals surface area contributed by atoms with E-state index in [-0.39, 0.29) is 0 Å². The minimum absolute atomic E-state index is 0.848. The molecule has 0 N–H and O–H groups in total. The highest BCUT2D eigenvalue weighted by Crippen LogP contribution is 2.11. The molecule has 0 spiro atoms. The van der Waals surface area contributed by atoms with E-state index in [9.17, 15) is 0 Å². The zero-order chi connectivity index (χ0) is 8.10. The van der Waals surface area contributed by atoms with Crippen molar-refractivity contribution in [2.75, 3.05) is 18.7 Å². The fourth-order valence-corrected chi connectivity index (χ4v) is 0.961. The third kappa shape index (κ3) is 1.95. The Balaban J connectivity index is 2.74. The van der Waals surface area contributed by atoms with Gasteiger partial charge in [-0.05, 0) is 25.1 Å². The molecule has 1 radical (unpaired) electrons. The molecular formula is C9H12NO. The molecule has 0 bridgehead atoms. The maximum atomic E-state index is 5.10. The number of benzene rings is 1. The van der Waals surface area contributed by atoms with Gasteiger partial charge in [0.15, 0.2) is 0 Å². The fraction of sp³-hybridized carbons (Fsp3) is 0.333. The summed E-state index contributed by atoms with van der Waals surface area (Å²) in [5, 5.41) is 1.81. The number of nitrogens with zero attached hydrogens (tertiary/aromatic N) is 1. The van der Waals surface area contributed by atoms with Gasteiger partial charge in [-0.2, -0.15) is 0 Å². The van der Waals surface area contributed by atoms with Crippen LogP contribution in [0.3, 0.4) is 0 Å². The molecular weight excluding hydrogens is 138 g/mol. The van der Waals surface area contributed by atoms with Gasteiger partial charge in [-0.25, -0.2) is 0 Å². The second-order valence-corrected chi connectivity index (χ2v) is 2.14. The molecule has 0 aliphatic rings. The van der Waals surface area contributed by atoms with Crippen molar-refractivity contribution in [3.63, 3.8) is 0 Å². The van der Waals surface area contributed by atoms with Crippen molar-refractivity contribution >= 4 is 5.69 Å². The number of hydroxylamine groups is 1. The average molecular weight is 150 g/mol. The Hall–Kier alpha value is -1.02. The van der Waals surface area contributed by atoms with Crippen LogP contribution in [0.4, 0.5) is 5.69 Å². The zero-order valence-corrected chi connectivity index (χ0v) is 6.87. The van der Waals surface area contributed by atoms with Gasteiger partial charge >= 0.3 is 0 Å². The summed E-state index contributed by atoms with van der Waals surface area (Å²) in [6.45, 7) is 2.89. The van der Waals surface area contributed by atoms with Crippen LogP contribution in [-0.2, 0) is 4.84 Å². The normalized spacial score (nSPS) is 9.64. The first-order chi connectivity index (χ1) is 5.38. The second kappa shape index (κ2) is 3.98. The van der Waals surface area contributed by atoms with E-state index in [0.717, 1.165) is 12.2 Å². The number of hydrogen-bond acceptors (Lipinski definition) is 2. The van der Waals surface area contributed by atoms with E-state index in [0.29, 0.717) is 0 Å². The van der Waals surface area contributed by atoms with Gasteiger partial charge in [0.2, 0.25) is 0 Å². The summed E-state index contributed by atoms with van der Waals surface area (Å²) < 4.78 is 0. The molecule has 0 aliphatic carbocycles. The molecule has 11 heavy (non-hydrogen) atoms. The minimum Gasteiger partial charge on any atom is -0.277 e. The molecule has 0 heterocycles. The molecule has 0 fully saturated rings. The SMILES string of the molecule is CCN(OC)c1cc[c]cc1. The molecule has 1 aromatic carbocycles. The molecule has 1 rings (SSSR count). The lowest BCUT2D eigenvalue weighted by atomic mass is 10.3. The Kier molecular flexibility index (Phi) is 2.93. The number of rotatable bonds is 3. The van der Waals surface area contributed by atoms with E-state index in [1.54, 1.807) is 7.11 Å². The number of hydrogen-bond donors (Lipinski definition) is 0. The zero-order valence-electron chi connectivity index (χ0n) is 6.87. The molecule has 2 heteroatoms. The van der Waals surface area contributed by atoms with Crippen molar-refractivity contribution in [2.45, 2.75) is 6.92 Å². The lowest BCUT2D eigenvalue weighted by Gasteiger charge is -2.18. The largest absolute Gasteiger partial charge is 0.277 e. The van der Waals surface area contributed by atoms with Crippen LogP contribution < -0.4 is 5.06 Å². The van der Waals surface area contributed by atoms with Crippen LogP contribution in [0.1, 0.15) is 6.92 Å². The Labute approximate surface area is 67.4 Å². The molecule has 0 saturated heterocycles. The van der Waals surface area contributed by atoms with Gasteiger partial charge in [0.25, 0.3) is 0 Å². The van der Waals surface area contributed by atoms with Gasteiger partial charge in [0.05, 0.1) is 12.8 Å². The van der Waals surface area contributed by atoms with E-state index in [1.165, 1.54) is 0 Å². The lowest BCUT2D eigenvalue weighted by Crippen LogP contribution is -2.20. The highest BCUT2D eigenvalue weighted by atomic mass is 16.7. The summed E-state index contributed by atoms with van der Waals surface area (Å²) >= 11 is 0. The predicted molar refractivity (Wildman–Crippen MR) is 45.3 cm³/mol. The summed E-state index contributed by atoms with van der Waals surface area (Å²) in [6, 6.07) is 10.6. The highest BCUT2D eigenvalue weighted by molar-refractivity contribution is 5.42. The Morgan fingerprint density at radius 2 is 2.09 bits per heavy atom. The van der Waals surface area contributed by atoms with Crippen molar-refractivity contribution < 1.29 is 4.84 Å². The lowest BCUT2D eigenvalue weighted by molar-refractivity contribution is 0.171. The van der Waals surface area contributed by atoms with Crippen molar-refractivity contribution in [3.8, 4) is 0 Å². The summed E-state index contributed by atoms with van der Waals surface area (Å²) in [5.41, 5.74) is 1.06. The van der Waals surface area contributed by atoms with Crippen LogP contribution in [0, 0.1) is 6.07 Å². The Morgan fingerprint density at radius 1 is 1.45 bits per heavy atom. The van der Waals surface area contributed by atoms with Crippen LogP contribution in [0.2, 0.25) is 0 Å². The molecule has 0 aliphatic heterocycles. The molecule has 2 nitrogen and oxygen atoms in total. The molecule has 59 valence electrons. The standard InChI is InChI=1S/C9H12NO/c1-3-10(11-2)9-7-5-4-6-8-9/h5-8H,3H2,1-2H3. The highest BCUT2D eigenvalue weighted by Gasteiger charge is 1.98. The smallest absolute Gasteiger partial charge is 0.0639 e. The van der Waals surface area contributed by atoms with Crippen molar-refractivity contribution in [3.05, 3.63) is 30.3 Å². The number of anilines is 1. The summed E-state index contributed by atoms with van der Waals surface area (Å²) in [5.74, 6) is 0. The first-order valence-corrected chi connectivity index (χ1v) is 3.66. The van der Waals surface area contributed by atoms with Crippen molar-refractivity contribution in [1.29, 1.82) is 0 Å². The van der Waals surface area contributed by atoms with E-state index < -0.39 is 0 Å². The maximum absolute atomic E-state index is 5.10. The molecule has 1 aromatic rings. The second-order valence-electron chi connectivity index (χ2n) is 2.14. The first kappa shape index (κ1) is 8.08. The Morgan fingerprint density at radius 3 is 2.55 bits per heavy atom. The van der Waals surface area contributed by atoms with Gasteiger partial charge in [-0.1, -0.05) is 12.1 Å². The van der Waals surface area contributed by atoms with Crippen LogP contribution >= 0.6 is 0 Å². The summed E-state index contributed by atoms with van der Waals surface area (Å²) in [4.78, 5) is 5.10. The van der Waals surface area contributed by atoms with Gasteiger partial charge in [-0.15, -0.1) is 0 Å². The van der Waals surface area contributed by atoms with Gasteiger partial charge in [-0.3, -0.25) is 9.90 Å². The first-order valence-electron chi connectivity index (χ1n) is 3.66. The van der Waals surface area contributed by atoms with Crippen molar-refractivity contribution in [2.24, 2.45) is 0 Å². The topological polar surface area (TPSA) is 12.5 Å². The third-order valence-electron chi connectivity index (χ3n) is 1.50. The quantitative estimate of drug-likeness (QED) is 0.610. The fourth-order valence-electron chi connectivity index (χ4n) is 0.961. The van der Waals surface area contributed by atoms with E-state index in [2.05, 4.69) is 6.07 Å². The monoisotopic (exact) mass is 150 g/mol. The minimum atomic E-state index is 0.848. The van der Waals surface area contributed by atoms with E-state index in [1.807, 2.05) is 36.3 Å². The van der Waals surface area contributed by atoms with Crippen LogP contribution in [-0.4, -0.2) is 13.7 Å².